The lowest BCUT2D eigenvalue weighted by atomic mass is 10.1. The van der Waals surface area contributed by atoms with Crippen molar-refractivity contribution >= 4 is 46.8 Å². The van der Waals surface area contributed by atoms with Crippen LogP contribution in [0.2, 0.25) is 10.0 Å². The summed E-state index contributed by atoms with van der Waals surface area (Å²) >= 11 is 13.9. The number of thioether (sulfide) groups is 1. The van der Waals surface area contributed by atoms with Gasteiger partial charge in [0.05, 0.1) is 5.75 Å². The quantitative estimate of drug-likeness (QED) is 0.482. The van der Waals surface area contributed by atoms with Crippen LogP contribution in [-0.4, -0.2) is 34.0 Å². The number of halogens is 2. The van der Waals surface area contributed by atoms with Gasteiger partial charge in [-0.3, -0.25) is 9.59 Å². The normalized spacial score (nSPS) is 12.3. The van der Waals surface area contributed by atoms with Gasteiger partial charge in [0.1, 0.15) is 6.04 Å². The van der Waals surface area contributed by atoms with Crippen molar-refractivity contribution in [2.75, 3.05) is 5.75 Å². The fourth-order valence-electron chi connectivity index (χ4n) is 3.12. The minimum Gasteiger partial charge on any atom is -0.350 e. The molecule has 0 saturated heterocycles. The summed E-state index contributed by atoms with van der Waals surface area (Å²) in [5, 5.41) is 4.01. The third-order valence-corrected chi connectivity index (χ3v) is 6.15. The van der Waals surface area contributed by atoms with Gasteiger partial charge < -0.3 is 10.2 Å². The molecule has 7 heteroatoms. The molecule has 2 aromatic carbocycles. The number of nitrogens with zero attached hydrogens (tertiary/aromatic N) is 1. The summed E-state index contributed by atoms with van der Waals surface area (Å²) in [6, 6.07) is 14.6. The summed E-state index contributed by atoms with van der Waals surface area (Å²) in [5.41, 5.74) is 1.53. The highest BCUT2D eigenvalue weighted by molar-refractivity contribution is 7.99. The van der Waals surface area contributed by atoms with Gasteiger partial charge in [0.2, 0.25) is 11.8 Å². The molecule has 0 spiro atoms. The molecule has 2 aromatic rings. The molecule has 0 unspecified atom stereocenters. The van der Waals surface area contributed by atoms with E-state index < -0.39 is 6.04 Å². The molecule has 2 amide bonds. The van der Waals surface area contributed by atoms with Crippen molar-refractivity contribution in [1.29, 1.82) is 0 Å². The van der Waals surface area contributed by atoms with Crippen LogP contribution in [0, 0.1) is 0 Å². The van der Waals surface area contributed by atoms with Crippen LogP contribution in [0.5, 0.6) is 0 Å². The Labute approximate surface area is 199 Å². The number of amides is 2. The standard InChI is InChI=1S/C24H30Cl2N2O2S/c1-5-21(23(30)27-24(2,3)4)28(14-18-11-12-19(25)13-20(18)26)22(29)16-31-15-17-9-7-6-8-10-17/h6-13,21H,5,14-16H2,1-4H3,(H,27,30)/t21-/m0/s1. The predicted molar refractivity (Wildman–Crippen MR) is 132 cm³/mol. The van der Waals surface area contributed by atoms with E-state index in [9.17, 15) is 9.59 Å². The number of rotatable bonds is 9. The fourth-order valence-corrected chi connectivity index (χ4v) is 4.46. The molecule has 168 valence electrons. The van der Waals surface area contributed by atoms with E-state index >= 15 is 0 Å². The number of nitrogens with one attached hydrogen (secondary N) is 1. The van der Waals surface area contributed by atoms with Gasteiger partial charge in [-0.15, -0.1) is 11.8 Å². The maximum Gasteiger partial charge on any atom is 0.243 e. The Morgan fingerprint density at radius 3 is 2.35 bits per heavy atom. The van der Waals surface area contributed by atoms with Gasteiger partial charge >= 0.3 is 0 Å². The van der Waals surface area contributed by atoms with Gasteiger partial charge in [-0.05, 0) is 50.5 Å². The number of hydrogen-bond donors (Lipinski definition) is 1. The lowest BCUT2D eigenvalue weighted by molar-refractivity contribution is -0.140. The van der Waals surface area contributed by atoms with Crippen LogP contribution in [-0.2, 0) is 21.9 Å². The zero-order valence-corrected chi connectivity index (χ0v) is 20.8. The van der Waals surface area contributed by atoms with E-state index in [0.717, 1.165) is 16.9 Å². The minimum atomic E-state index is -0.587. The molecule has 0 aliphatic rings. The molecule has 0 aromatic heterocycles. The van der Waals surface area contributed by atoms with E-state index in [1.165, 1.54) is 11.8 Å². The molecule has 0 aliphatic carbocycles. The van der Waals surface area contributed by atoms with Crippen LogP contribution >= 0.6 is 35.0 Å². The summed E-state index contributed by atoms with van der Waals surface area (Å²) < 4.78 is 0. The molecule has 0 fully saturated rings. The molecule has 0 bridgehead atoms. The van der Waals surface area contributed by atoms with Crippen LogP contribution in [0.4, 0.5) is 0 Å². The highest BCUT2D eigenvalue weighted by Gasteiger charge is 2.30. The summed E-state index contributed by atoms with van der Waals surface area (Å²) in [6.45, 7) is 7.94. The van der Waals surface area contributed by atoms with Crippen molar-refractivity contribution in [2.45, 2.75) is 58.0 Å². The van der Waals surface area contributed by atoms with E-state index in [2.05, 4.69) is 5.32 Å². The van der Waals surface area contributed by atoms with E-state index in [0.29, 0.717) is 16.5 Å². The summed E-state index contributed by atoms with van der Waals surface area (Å²) in [6.07, 6.45) is 0.502. The van der Waals surface area contributed by atoms with Gasteiger partial charge in [-0.25, -0.2) is 0 Å². The largest absolute Gasteiger partial charge is 0.350 e. The molecule has 0 saturated carbocycles. The average molecular weight is 481 g/mol. The van der Waals surface area contributed by atoms with E-state index in [4.69, 9.17) is 23.2 Å². The van der Waals surface area contributed by atoms with Crippen LogP contribution in [0.3, 0.4) is 0 Å². The van der Waals surface area contributed by atoms with Crippen molar-refractivity contribution in [3.05, 3.63) is 69.7 Å². The Hall–Kier alpha value is -1.69. The molecule has 0 aliphatic heterocycles. The zero-order valence-electron chi connectivity index (χ0n) is 18.5. The van der Waals surface area contributed by atoms with E-state index in [1.54, 1.807) is 23.1 Å². The lowest BCUT2D eigenvalue weighted by Gasteiger charge is -2.33. The van der Waals surface area contributed by atoms with Gasteiger partial charge in [0, 0.05) is 27.9 Å². The Kier molecular flexibility index (Phi) is 9.73. The Morgan fingerprint density at radius 2 is 1.77 bits per heavy atom. The molecule has 1 N–H and O–H groups in total. The van der Waals surface area contributed by atoms with Crippen molar-refractivity contribution in [3.63, 3.8) is 0 Å². The fraction of sp³-hybridized carbons (Fsp3) is 0.417. The summed E-state index contributed by atoms with van der Waals surface area (Å²) in [4.78, 5) is 27.9. The van der Waals surface area contributed by atoms with Gasteiger partial charge in [-0.1, -0.05) is 66.5 Å². The van der Waals surface area contributed by atoms with Gasteiger partial charge in [-0.2, -0.15) is 0 Å². The highest BCUT2D eigenvalue weighted by atomic mass is 35.5. The first kappa shape index (κ1) is 25.6. The molecular formula is C24H30Cl2N2O2S. The van der Waals surface area contributed by atoms with Crippen LogP contribution in [0.1, 0.15) is 45.2 Å². The second kappa shape index (κ2) is 11.8. The number of carbonyl (C=O) groups is 2. The second-order valence-electron chi connectivity index (χ2n) is 8.40. The van der Waals surface area contributed by atoms with Crippen molar-refractivity contribution in [2.24, 2.45) is 0 Å². The average Bonchev–Trinajstić information content (AvgIpc) is 2.68. The Balaban J connectivity index is 2.20. The first-order valence-electron chi connectivity index (χ1n) is 10.3. The maximum absolute atomic E-state index is 13.2. The van der Waals surface area contributed by atoms with Gasteiger partial charge in [0.15, 0.2) is 0 Å². The smallest absolute Gasteiger partial charge is 0.243 e. The third-order valence-electron chi connectivity index (χ3n) is 4.58. The van der Waals surface area contributed by atoms with E-state index in [1.807, 2.05) is 58.0 Å². The summed E-state index contributed by atoms with van der Waals surface area (Å²) in [5.74, 6) is 0.747. The molecule has 4 nitrogen and oxygen atoms in total. The molecular weight excluding hydrogens is 451 g/mol. The van der Waals surface area contributed by atoms with Gasteiger partial charge in [0.25, 0.3) is 0 Å². The Morgan fingerprint density at radius 1 is 1.10 bits per heavy atom. The van der Waals surface area contributed by atoms with Crippen LogP contribution in [0.15, 0.2) is 48.5 Å². The molecule has 1 atom stereocenters. The molecule has 0 heterocycles. The molecule has 2 rings (SSSR count). The van der Waals surface area contributed by atoms with Crippen LogP contribution < -0.4 is 5.32 Å². The number of hydrogen-bond acceptors (Lipinski definition) is 3. The van der Waals surface area contributed by atoms with Crippen molar-refractivity contribution < 1.29 is 9.59 Å². The Bertz CT molecular complexity index is 885. The van der Waals surface area contributed by atoms with E-state index in [-0.39, 0.29) is 29.7 Å². The maximum atomic E-state index is 13.2. The predicted octanol–water partition coefficient (Wildman–Crippen LogP) is 5.95. The third kappa shape index (κ3) is 8.40. The minimum absolute atomic E-state index is 0.0946. The van der Waals surface area contributed by atoms with Crippen LogP contribution in [0.25, 0.3) is 0 Å². The number of carbonyl (C=O) groups excluding carboxylic acids is 2. The molecule has 0 radical (unpaired) electrons. The second-order valence-corrected chi connectivity index (χ2v) is 10.2. The lowest BCUT2D eigenvalue weighted by Crippen LogP contribution is -2.53. The SMILES string of the molecule is CC[C@@H](C(=O)NC(C)(C)C)N(Cc1ccc(Cl)cc1Cl)C(=O)CSCc1ccccc1. The zero-order chi connectivity index (χ0) is 23.0. The highest BCUT2D eigenvalue weighted by Crippen LogP contribution is 2.24. The van der Waals surface area contributed by atoms with Crippen molar-refractivity contribution in [3.8, 4) is 0 Å². The topological polar surface area (TPSA) is 49.4 Å². The first-order chi connectivity index (χ1) is 14.6. The monoisotopic (exact) mass is 480 g/mol. The first-order valence-corrected chi connectivity index (χ1v) is 12.2. The molecule has 31 heavy (non-hydrogen) atoms. The summed E-state index contributed by atoms with van der Waals surface area (Å²) in [7, 11) is 0. The number of benzene rings is 2. The van der Waals surface area contributed by atoms with Crippen molar-refractivity contribution in [1.82, 2.24) is 10.2 Å².